The third-order valence-electron chi connectivity index (χ3n) is 2.52. The lowest BCUT2D eigenvalue weighted by atomic mass is 9.98. The maximum Gasteiger partial charge on any atom is 0.0817 e. The maximum atomic E-state index is 4.14. The van der Waals surface area contributed by atoms with Crippen LogP contribution < -0.4 is 11.0 Å². The van der Waals surface area contributed by atoms with E-state index in [-0.39, 0.29) is 0 Å². The van der Waals surface area contributed by atoms with Gasteiger partial charge in [0.1, 0.15) is 0 Å². The average molecular weight is 226 g/mol. The zero-order valence-corrected chi connectivity index (χ0v) is 11.1. The fourth-order valence-electron chi connectivity index (χ4n) is 1.46. The van der Waals surface area contributed by atoms with Crippen molar-refractivity contribution in [3.63, 3.8) is 0 Å². The molecule has 0 aliphatic carbocycles. The van der Waals surface area contributed by atoms with E-state index in [1.54, 1.807) is 0 Å². The minimum absolute atomic E-state index is 0.489. The molecule has 0 saturated carbocycles. The number of hydrazine groups is 2. The Morgan fingerprint density at radius 1 is 1.38 bits per heavy atom. The quantitative estimate of drug-likeness (QED) is 0.355. The monoisotopic (exact) mass is 226 g/mol. The lowest BCUT2D eigenvalue weighted by Gasteiger charge is -2.28. The van der Waals surface area contributed by atoms with E-state index in [0.717, 1.165) is 25.2 Å². The summed E-state index contributed by atoms with van der Waals surface area (Å²) in [4.78, 5) is 2.12. The summed E-state index contributed by atoms with van der Waals surface area (Å²) in [6.45, 7) is 10.8. The Balaban J connectivity index is 4.00. The Labute approximate surface area is 99.9 Å². The van der Waals surface area contributed by atoms with E-state index in [9.17, 15) is 0 Å². The van der Waals surface area contributed by atoms with Crippen LogP contribution in [-0.4, -0.2) is 37.7 Å². The molecule has 4 heteroatoms. The van der Waals surface area contributed by atoms with Crippen molar-refractivity contribution >= 4 is 0 Å². The molecule has 0 aromatic carbocycles. The molecule has 0 amide bonds. The van der Waals surface area contributed by atoms with Gasteiger partial charge >= 0.3 is 0 Å². The summed E-state index contributed by atoms with van der Waals surface area (Å²) in [6.07, 6.45) is 4.04. The Morgan fingerprint density at radius 2 is 2.00 bits per heavy atom. The molecule has 0 heterocycles. The summed E-state index contributed by atoms with van der Waals surface area (Å²) >= 11 is 0. The molecule has 16 heavy (non-hydrogen) atoms. The van der Waals surface area contributed by atoms with Gasteiger partial charge in [0.05, 0.1) is 6.67 Å². The minimum atomic E-state index is 0.489. The number of allylic oxidation sites excluding steroid dienone is 2. The highest BCUT2D eigenvalue weighted by Crippen LogP contribution is 2.19. The Kier molecular flexibility index (Phi) is 7.89. The van der Waals surface area contributed by atoms with Crippen molar-refractivity contribution in [3.05, 3.63) is 24.9 Å². The first-order valence-corrected chi connectivity index (χ1v) is 5.69. The topological polar surface area (TPSA) is 30.5 Å². The molecule has 0 rings (SSSR count). The molecule has 0 bridgehead atoms. The highest BCUT2D eigenvalue weighted by molar-refractivity contribution is 5.00. The van der Waals surface area contributed by atoms with Gasteiger partial charge in [-0.15, -0.1) is 6.58 Å². The van der Waals surface area contributed by atoms with Gasteiger partial charge in [0, 0.05) is 32.8 Å². The molecule has 0 aromatic heterocycles. The summed E-state index contributed by atoms with van der Waals surface area (Å²) in [5, 5.41) is 1.86. The summed E-state index contributed by atoms with van der Waals surface area (Å²) in [6, 6.07) is 0. The molecule has 0 radical (unpaired) electrons. The molecule has 0 aliphatic heterocycles. The van der Waals surface area contributed by atoms with Crippen LogP contribution in [0.25, 0.3) is 0 Å². The molecule has 0 spiro atoms. The molecule has 2 N–H and O–H groups in total. The standard InChI is InChI=1S/C12H26N4/c1-7-9-12(8-2)11(3)16(6)10-13-14-15(4)5/h7,12-14H,1,3,8-10H2,2,4-6H3. The van der Waals surface area contributed by atoms with Crippen LogP contribution in [0.5, 0.6) is 0 Å². The van der Waals surface area contributed by atoms with Crippen LogP contribution in [0.1, 0.15) is 19.8 Å². The lowest BCUT2D eigenvalue weighted by Crippen LogP contribution is -2.46. The smallest absolute Gasteiger partial charge is 0.0817 e. The van der Waals surface area contributed by atoms with E-state index < -0.39 is 0 Å². The number of hydrogen-bond acceptors (Lipinski definition) is 4. The van der Waals surface area contributed by atoms with Gasteiger partial charge in [0.15, 0.2) is 0 Å². The van der Waals surface area contributed by atoms with E-state index in [1.165, 1.54) is 0 Å². The molecule has 0 aliphatic rings. The van der Waals surface area contributed by atoms with Crippen LogP contribution in [0, 0.1) is 5.92 Å². The first kappa shape index (κ1) is 15.2. The van der Waals surface area contributed by atoms with Gasteiger partial charge in [-0.25, -0.2) is 10.4 Å². The van der Waals surface area contributed by atoms with Crippen LogP contribution in [-0.2, 0) is 0 Å². The fourth-order valence-corrected chi connectivity index (χ4v) is 1.46. The molecule has 94 valence electrons. The summed E-state index contributed by atoms with van der Waals surface area (Å²) in [7, 11) is 5.92. The lowest BCUT2D eigenvalue weighted by molar-refractivity contribution is 0.198. The molecule has 4 nitrogen and oxygen atoms in total. The first-order valence-electron chi connectivity index (χ1n) is 5.69. The van der Waals surface area contributed by atoms with Crippen molar-refractivity contribution in [1.29, 1.82) is 0 Å². The number of nitrogens with one attached hydrogen (secondary N) is 2. The zero-order chi connectivity index (χ0) is 12.6. The van der Waals surface area contributed by atoms with Gasteiger partial charge in [-0.2, -0.15) is 5.53 Å². The van der Waals surface area contributed by atoms with Crippen molar-refractivity contribution in [2.24, 2.45) is 5.92 Å². The Bertz CT molecular complexity index is 213. The van der Waals surface area contributed by atoms with Crippen LogP contribution in [0.4, 0.5) is 0 Å². The van der Waals surface area contributed by atoms with Gasteiger partial charge in [-0.1, -0.05) is 19.6 Å². The van der Waals surface area contributed by atoms with Crippen LogP contribution in [0.3, 0.4) is 0 Å². The van der Waals surface area contributed by atoms with E-state index in [2.05, 4.69) is 35.9 Å². The average Bonchev–Trinajstić information content (AvgIpc) is 2.24. The van der Waals surface area contributed by atoms with E-state index >= 15 is 0 Å². The SMILES string of the molecule is C=CCC(CC)C(=C)N(C)CNNN(C)C. The second kappa shape index (κ2) is 8.33. The second-order valence-electron chi connectivity index (χ2n) is 4.16. The Morgan fingerprint density at radius 3 is 2.44 bits per heavy atom. The third kappa shape index (κ3) is 5.90. The van der Waals surface area contributed by atoms with E-state index in [0.29, 0.717) is 5.92 Å². The number of nitrogens with zero attached hydrogens (tertiary/aromatic N) is 2. The molecular formula is C12H26N4. The highest BCUT2D eigenvalue weighted by atomic mass is 15.7. The largest absolute Gasteiger partial charge is 0.364 e. The number of hydrogen-bond donors (Lipinski definition) is 2. The predicted molar refractivity (Wildman–Crippen MR) is 70.3 cm³/mol. The summed E-state index contributed by atoms with van der Waals surface area (Å²) in [5.41, 5.74) is 7.25. The molecular weight excluding hydrogens is 200 g/mol. The van der Waals surface area contributed by atoms with Crippen LogP contribution in [0.15, 0.2) is 24.9 Å². The predicted octanol–water partition coefficient (Wildman–Crippen LogP) is 1.56. The van der Waals surface area contributed by atoms with Gasteiger partial charge < -0.3 is 4.90 Å². The third-order valence-corrected chi connectivity index (χ3v) is 2.52. The fraction of sp³-hybridized carbons (Fsp3) is 0.667. The van der Waals surface area contributed by atoms with E-state index in [4.69, 9.17) is 0 Å². The molecule has 1 atom stereocenters. The Hall–Kier alpha value is -0.840. The first-order chi connectivity index (χ1) is 7.52. The van der Waals surface area contributed by atoms with Gasteiger partial charge in [0.25, 0.3) is 0 Å². The van der Waals surface area contributed by atoms with Crippen LogP contribution in [0.2, 0.25) is 0 Å². The van der Waals surface area contributed by atoms with E-state index in [1.807, 2.05) is 32.2 Å². The summed E-state index contributed by atoms with van der Waals surface area (Å²) < 4.78 is 0. The molecule has 0 fully saturated rings. The van der Waals surface area contributed by atoms with Gasteiger partial charge in [-0.05, 0) is 12.8 Å². The maximum absolute atomic E-state index is 4.14. The van der Waals surface area contributed by atoms with Gasteiger partial charge in [-0.3, -0.25) is 0 Å². The van der Waals surface area contributed by atoms with Crippen LogP contribution >= 0.6 is 0 Å². The molecule has 0 aromatic rings. The summed E-state index contributed by atoms with van der Waals surface area (Å²) in [5.74, 6) is 0.489. The molecule has 0 saturated heterocycles. The van der Waals surface area contributed by atoms with Crippen molar-refractivity contribution in [3.8, 4) is 0 Å². The second-order valence-corrected chi connectivity index (χ2v) is 4.16. The normalized spacial score (nSPS) is 12.6. The zero-order valence-electron chi connectivity index (χ0n) is 11.1. The minimum Gasteiger partial charge on any atom is -0.364 e. The molecule has 1 unspecified atom stereocenters. The highest BCUT2D eigenvalue weighted by Gasteiger charge is 2.12. The van der Waals surface area contributed by atoms with Crippen molar-refractivity contribution in [2.45, 2.75) is 19.8 Å². The van der Waals surface area contributed by atoms with Crippen molar-refractivity contribution < 1.29 is 0 Å². The van der Waals surface area contributed by atoms with Crippen molar-refractivity contribution in [2.75, 3.05) is 27.8 Å². The number of rotatable bonds is 9. The van der Waals surface area contributed by atoms with Gasteiger partial charge in [0.2, 0.25) is 0 Å². The van der Waals surface area contributed by atoms with Crippen molar-refractivity contribution in [1.82, 2.24) is 20.9 Å².